The van der Waals surface area contributed by atoms with E-state index >= 15 is 0 Å². The molecule has 0 radical (unpaired) electrons. The maximum atomic E-state index is 3.69. The van der Waals surface area contributed by atoms with Gasteiger partial charge < -0.3 is 10.2 Å². The van der Waals surface area contributed by atoms with Crippen molar-refractivity contribution in [2.24, 2.45) is 0 Å². The first kappa shape index (κ1) is 12.6. The van der Waals surface area contributed by atoms with Crippen LogP contribution < -0.4 is 5.32 Å². The minimum absolute atomic E-state index is 0.752. The van der Waals surface area contributed by atoms with E-state index in [0.29, 0.717) is 0 Å². The summed E-state index contributed by atoms with van der Waals surface area (Å²) in [6.07, 6.45) is 5.06. The zero-order valence-electron chi connectivity index (χ0n) is 10.9. The van der Waals surface area contributed by atoms with Crippen LogP contribution in [0.1, 0.15) is 24.8 Å². The van der Waals surface area contributed by atoms with E-state index in [1.807, 2.05) is 0 Å². The highest BCUT2D eigenvalue weighted by atomic mass is 15.1. The number of likely N-dealkylation sites (tertiary alicyclic amines) is 1. The molecule has 0 aromatic heterocycles. The van der Waals surface area contributed by atoms with E-state index in [-0.39, 0.29) is 0 Å². The third kappa shape index (κ3) is 4.49. The van der Waals surface area contributed by atoms with Gasteiger partial charge in [0.2, 0.25) is 0 Å². The Balaban J connectivity index is 1.57. The second kappa shape index (κ2) is 6.77. The van der Waals surface area contributed by atoms with Gasteiger partial charge in [0.05, 0.1) is 0 Å². The predicted octanol–water partition coefficient (Wildman–Crippen LogP) is 2.30. The van der Waals surface area contributed by atoms with Crippen molar-refractivity contribution in [3.8, 4) is 0 Å². The fourth-order valence-corrected chi connectivity index (χ4v) is 2.46. The third-order valence-electron chi connectivity index (χ3n) is 3.64. The van der Waals surface area contributed by atoms with Gasteiger partial charge in [0, 0.05) is 6.04 Å². The van der Waals surface area contributed by atoms with Crippen molar-refractivity contribution in [2.75, 3.05) is 26.7 Å². The maximum Gasteiger partial charge on any atom is 0.00914 e. The summed E-state index contributed by atoms with van der Waals surface area (Å²) >= 11 is 0. The van der Waals surface area contributed by atoms with E-state index in [2.05, 4.69) is 47.6 Å². The zero-order valence-corrected chi connectivity index (χ0v) is 10.9. The number of hydrogen-bond donors (Lipinski definition) is 1. The van der Waals surface area contributed by atoms with Gasteiger partial charge in [-0.1, -0.05) is 30.3 Å². The Bertz CT molecular complexity index is 302. The quantitative estimate of drug-likeness (QED) is 0.784. The van der Waals surface area contributed by atoms with Gasteiger partial charge in [0.15, 0.2) is 0 Å². The molecule has 1 aromatic carbocycles. The second-order valence-corrected chi connectivity index (χ2v) is 5.12. The maximum absolute atomic E-state index is 3.69. The lowest BCUT2D eigenvalue weighted by Crippen LogP contribution is -2.41. The SMILES string of the molecule is CN1CCC(NCCCc2ccccc2)CC1. The van der Waals surface area contributed by atoms with Crippen LogP contribution in [0.15, 0.2) is 30.3 Å². The van der Waals surface area contributed by atoms with E-state index in [4.69, 9.17) is 0 Å². The average Bonchev–Trinajstić information content (AvgIpc) is 2.38. The summed E-state index contributed by atoms with van der Waals surface area (Å²) in [4.78, 5) is 2.42. The molecule has 1 aromatic rings. The van der Waals surface area contributed by atoms with Gasteiger partial charge in [-0.15, -0.1) is 0 Å². The largest absolute Gasteiger partial charge is 0.314 e. The molecule has 1 heterocycles. The van der Waals surface area contributed by atoms with Crippen molar-refractivity contribution in [1.29, 1.82) is 0 Å². The van der Waals surface area contributed by atoms with Gasteiger partial charge in [-0.25, -0.2) is 0 Å². The van der Waals surface area contributed by atoms with E-state index in [0.717, 1.165) is 12.6 Å². The van der Waals surface area contributed by atoms with Gasteiger partial charge in [0.1, 0.15) is 0 Å². The Morgan fingerprint density at radius 1 is 1.18 bits per heavy atom. The molecule has 0 aliphatic carbocycles. The molecule has 94 valence electrons. The second-order valence-electron chi connectivity index (χ2n) is 5.12. The lowest BCUT2D eigenvalue weighted by Gasteiger charge is -2.29. The van der Waals surface area contributed by atoms with Crippen LogP contribution in [0, 0.1) is 0 Å². The van der Waals surface area contributed by atoms with Gasteiger partial charge in [0.25, 0.3) is 0 Å². The number of aryl methyl sites for hydroxylation is 1. The molecule has 1 aliphatic rings. The molecule has 2 nitrogen and oxygen atoms in total. The molecule has 1 N–H and O–H groups in total. The Morgan fingerprint density at radius 3 is 2.59 bits per heavy atom. The molecular weight excluding hydrogens is 208 g/mol. The van der Waals surface area contributed by atoms with Crippen LogP contribution in [0.5, 0.6) is 0 Å². The van der Waals surface area contributed by atoms with Crippen LogP contribution in [0.3, 0.4) is 0 Å². The van der Waals surface area contributed by atoms with E-state index < -0.39 is 0 Å². The first-order chi connectivity index (χ1) is 8.34. The number of rotatable bonds is 5. The number of nitrogens with one attached hydrogen (secondary N) is 1. The Labute approximate surface area is 105 Å². The Hall–Kier alpha value is -0.860. The van der Waals surface area contributed by atoms with Gasteiger partial charge in [-0.2, -0.15) is 0 Å². The van der Waals surface area contributed by atoms with Crippen LogP contribution in [0.25, 0.3) is 0 Å². The lowest BCUT2D eigenvalue weighted by atomic mass is 10.0. The summed E-state index contributed by atoms with van der Waals surface area (Å²) < 4.78 is 0. The van der Waals surface area contributed by atoms with Crippen molar-refractivity contribution >= 4 is 0 Å². The molecule has 0 unspecified atom stereocenters. The van der Waals surface area contributed by atoms with Crippen LogP contribution in [0.2, 0.25) is 0 Å². The molecule has 0 amide bonds. The molecule has 1 aliphatic heterocycles. The number of hydrogen-bond acceptors (Lipinski definition) is 2. The fourth-order valence-electron chi connectivity index (χ4n) is 2.46. The molecule has 2 heteroatoms. The van der Waals surface area contributed by atoms with Gasteiger partial charge in [-0.3, -0.25) is 0 Å². The Kier molecular flexibility index (Phi) is 5.02. The van der Waals surface area contributed by atoms with Gasteiger partial charge in [-0.05, 0) is 57.9 Å². The van der Waals surface area contributed by atoms with E-state index in [1.54, 1.807) is 0 Å². The number of nitrogens with zero attached hydrogens (tertiary/aromatic N) is 1. The summed E-state index contributed by atoms with van der Waals surface area (Å²) in [5.41, 5.74) is 1.46. The standard InChI is InChI=1S/C15H24N2/c1-17-12-9-15(10-13-17)16-11-5-8-14-6-3-2-4-7-14/h2-4,6-7,15-16H,5,8-13H2,1H3. The van der Waals surface area contributed by atoms with E-state index in [1.165, 1.54) is 44.3 Å². The smallest absolute Gasteiger partial charge is 0.00914 e. The highest BCUT2D eigenvalue weighted by molar-refractivity contribution is 5.14. The summed E-state index contributed by atoms with van der Waals surface area (Å²) in [6, 6.07) is 11.5. The normalized spacial score (nSPS) is 18.4. The molecule has 0 atom stereocenters. The van der Waals surface area contributed by atoms with Crippen molar-refractivity contribution in [2.45, 2.75) is 31.7 Å². The fraction of sp³-hybridized carbons (Fsp3) is 0.600. The molecule has 0 bridgehead atoms. The minimum atomic E-state index is 0.752. The van der Waals surface area contributed by atoms with Crippen LogP contribution in [-0.2, 0) is 6.42 Å². The summed E-state index contributed by atoms with van der Waals surface area (Å²) in [5.74, 6) is 0. The highest BCUT2D eigenvalue weighted by Crippen LogP contribution is 2.08. The van der Waals surface area contributed by atoms with Crippen LogP contribution in [0.4, 0.5) is 0 Å². The number of benzene rings is 1. The highest BCUT2D eigenvalue weighted by Gasteiger charge is 2.15. The van der Waals surface area contributed by atoms with E-state index in [9.17, 15) is 0 Å². The van der Waals surface area contributed by atoms with Gasteiger partial charge >= 0.3 is 0 Å². The molecule has 1 saturated heterocycles. The topological polar surface area (TPSA) is 15.3 Å². The monoisotopic (exact) mass is 232 g/mol. The molecule has 2 rings (SSSR count). The first-order valence-corrected chi connectivity index (χ1v) is 6.80. The third-order valence-corrected chi connectivity index (χ3v) is 3.64. The summed E-state index contributed by atoms with van der Waals surface area (Å²) in [5, 5.41) is 3.69. The van der Waals surface area contributed by atoms with Crippen molar-refractivity contribution in [3.63, 3.8) is 0 Å². The minimum Gasteiger partial charge on any atom is -0.314 e. The van der Waals surface area contributed by atoms with Crippen molar-refractivity contribution < 1.29 is 0 Å². The molecule has 0 saturated carbocycles. The van der Waals surface area contributed by atoms with Crippen LogP contribution in [-0.4, -0.2) is 37.6 Å². The van der Waals surface area contributed by atoms with Crippen molar-refractivity contribution in [3.05, 3.63) is 35.9 Å². The molecule has 17 heavy (non-hydrogen) atoms. The molecule has 1 fully saturated rings. The summed E-state index contributed by atoms with van der Waals surface area (Å²) in [7, 11) is 2.21. The molecule has 0 spiro atoms. The summed E-state index contributed by atoms with van der Waals surface area (Å²) in [6.45, 7) is 3.65. The average molecular weight is 232 g/mol. The Morgan fingerprint density at radius 2 is 1.88 bits per heavy atom. The zero-order chi connectivity index (χ0) is 11.9. The van der Waals surface area contributed by atoms with Crippen molar-refractivity contribution in [1.82, 2.24) is 10.2 Å². The molecular formula is C15H24N2. The van der Waals surface area contributed by atoms with Crippen LogP contribution >= 0.6 is 0 Å². The number of piperidine rings is 1. The lowest BCUT2D eigenvalue weighted by molar-refractivity contribution is 0.235. The predicted molar refractivity (Wildman–Crippen MR) is 73.3 cm³/mol. The first-order valence-electron chi connectivity index (χ1n) is 6.80.